The van der Waals surface area contributed by atoms with E-state index in [0.29, 0.717) is 0 Å². The van der Waals surface area contributed by atoms with Crippen molar-refractivity contribution in [2.75, 3.05) is 0 Å². The molecule has 0 saturated carbocycles. The topological polar surface area (TPSA) is 9.23 Å². The minimum Gasteiger partial charge on any atom is -0.482 e. The number of fused-ring (bicyclic) bond motifs is 4. The average molecular weight is 344 g/mol. The minimum absolute atomic E-state index is 0.280. The molecule has 1 nitrogen and oxygen atoms in total. The highest BCUT2D eigenvalue weighted by Crippen LogP contribution is 2.50. The monoisotopic (exact) mass is 344 g/mol. The van der Waals surface area contributed by atoms with Crippen LogP contribution in [-0.4, -0.2) is 5.60 Å². The van der Waals surface area contributed by atoms with Crippen LogP contribution in [0.15, 0.2) is 29.8 Å². The minimum atomic E-state index is -0.280. The van der Waals surface area contributed by atoms with Gasteiger partial charge in [-0.05, 0) is 105 Å². The Hall–Kier alpha value is -2.28. The van der Waals surface area contributed by atoms with Gasteiger partial charge >= 0.3 is 0 Å². The second kappa shape index (κ2) is 5.36. The van der Waals surface area contributed by atoms with E-state index in [-0.39, 0.29) is 5.60 Å². The summed E-state index contributed by atoms with van der Waals surface area (Å²) in [5, 5.41) is 5.33. The molecule has 0 atom stereocenters. The molecule has 0 radical (unpaired) electrons. The molecule has 0 bridgehead atoms. The quantitative estimate of drug-likeness (QED) is 0.392. The lowest BCUT2D eigenvalue weighted by molar-refractivity contribution is 0.146. The lowest BCUT2D eigenvalue weighted by atomic mass is 9.80. The molecule has 3 aromatic carbocycles. The van der Waals surface area contributed by atoms with Gasteiger partial charge in [0.2, 0.25) is 0 Å². The molecule has 0 saturated heterocycles. The summed E-state index contributed by atoms with van der Waals surface area (Å²) in [5.74, 6) is 1.07. The molecule has 1 heteroatoms. The molecule has 0 N–H and O–H groups in total. The third-order valence-electron chi connectivity index (χ3n) is 6.70. The number of ether oxygens (including phenoxy) is 1. The van der Waals surface area contributed by atoms with Crippen LogP contribution in [0, 0.1) is 27.7 Å². The van der Waals surface area contributed by atoms with E-state index in [1.54, 1.807) is 0 Å². The van der Waals surface area contributed by atoms with Crippen LogP contribution in [0.25, 0.3) is 27.1 Å². The number of hydrogen-bond acceptors (Lipinski definition) is 1. The standard InChI is InChI=1S/C25H28O/c1-13-14(2)22-15(3)18(6)25(7,8)26-24(22)23-17(5)20-12-10-9-11-19(20)16(4)21(13)23/h9-12H,1-8H3. The molecule has 0 spiro atoms. The van der Waals surface area contributed by atoms with Crippen molar-refractivity contribution in [2.24, 2.45) is 0 Å². The first-order valence-corrected chi connectivity index (χ1v) is 9.49. The number of aryl methyl sites for hydroxylation is 3. The van der Waals surface area contributed by atoms with Gasteiger partial charge in [-0.2, -0.15) is 0 Å². The van der Waals surface area contributed by atoms with Crippen molar-refractivity contribution < 1.29 is 4.74 Å². The van der Waals surface area contributed by atoms with E-state index in [1.807, 2.05) is 0 Å². The molecule has 0 unspecified atom stereocenters. The molecule has 1 heterocycles. The zero-order valence-electron chi connectivity index (χ0n) is 17.2. The summed E-state index contributed by atoms with van der Waals surface area (Å²) in [5.41, 5.74) is 9.10. The van der Waals surface area contributed by atoms with E-state index < -0.39 is 0 Å². The summed E-state index contributed by atoms with van der Waals surface area (Å²) in [7, 11) is 0. The summed E-state index contributed by atoms with van der Waals surface area (Å²) in [6, 6.07) is 8.75. The number of benzene rings is 3. The molecular weight excluding hydrogens is 316 g/mol. The second-order valence-corrected chi connectivity index (χ2v) is 8.36. The Balaban J connectivity index is 2.32. The first-order chi connectivity index (χ1) is 12.2. The Labute approximate surface area is 156 Å². The van der Waals surface area contributed by atoms with Gasteiger partial charge in [-0.15, -0.1) is 0 Å². The van der Waals surface area contributed by atoms with Gasteiger partial charge in [-0.25, -0.2) is 0 Å². The third kappa shape index (κ3) is 2.03. The zero-order valence-corrected chi connectivity index (χ0v) is 17.2. The van der Waals surface area contributed by atoms with Crippen LogP contribution in [0.4, 0.5) is 0 Å². The Morgan fingerprint density at radius 2 is 1.23 bits per heavy atom. The Morgan fingerprint density at radius 3 is 1.81 bits per heavy atom. The summed E-state index contributed by atoms with van der Waals surface area (Å²) in [6.45, 7) is 17.8. The first-order valence-electron chi connectivity index (χ1n) is 9.49. The molecule has 0 aliphatic carbocycles. The van der Waals surface area contributed by atoms with Crippen molar-refractivity contribution >= 4 is 27.1 Å². The van der Waals surface area contributed by atoms with E-state index in [4.69, 9.17) is 4.74 Å². The second-order valence-electron chi connectivity index (χ2n) is 8.36. The molecule has 26 heavy (non-hydrogen) atoms. The van der Waals surface area contributed by atoms with Gasteiger partial charge in [0, 0.05) is 10.9 Å². The smallest absolute Gasteiger partial charge is 0.136 e. The zero-order chi connectivity index (χ0) is 19.0. The maximum atomic E-state index is 6.68. The van der Waals surface area contributed by atoms with Gasteiger partial charge in [0.25, 0.3) is 0 Å². The molecule has 3 aromatic rings. The van der Waals surface area contributed by atoms with Crippen molar-refractivity contribution in [1.82, 2.24) is 0 Å². The lowest BCUT2D eigenvalue weighted by Gasteiger charge is -2.37. The van der Waals surface area contributed by atoms with E-state index in [9.17, 15) is 0 Å². The van der Waals surface area contributed by atoms with Crippen LogP contribution in [0.1, 0.15) is 55.5 Å². The molecule has 0 aromatic heterocycles. The molecule has 0 amide bonds. The van der Waals surface area contributed by atoms with Crippen LogP contribution < -0.4 is 4.74 Å². The molecule has 1 aliphatic heterocycles. The predicted molar refractivity (Wildman–Crippen MR) is 113 cm³/mol. The predicted octanol–water partition coefficient (Wildman–Crippen LogP) is 7.19. The fourth-order valence-corrected chi connectivity index (χ4v) is 4.73. The fraction of sp³-hybridized carbons (Fsp3) is 0.360. The number of allylic oxidation sites excluding steroid dienone is 1. The van der Waals surface area contributed by atoms with Crippen LogP contribution >= 0.6 is 0 Å². The number of hydrogen-bond donors (Lipinski definition) is 0. The largest absolute Gasteiger partial charge is 0.482 e. The Bertz CT molecular complexity index is 1130. The van der Waals surface area contributed by atoms with Gasteiger partial charge in [-0.1, -0.05) is 24.3 Å². The van der Waals surface area contributed by atoms with Crippen molar-refractivity contribution in [3.8, 4) is 5.75 Å². The van der Waals surface area contributed by atoms with Crippen LogP contribution in [-0.2, 0) is 0 Å². The van der Waals surface area contributed by atoms with Gasteiger partial charge in [0.15, 0.2) is 0 Å². The molecule has 4 rings (SSSR count). The maximum absolute atomic E-state index is 6.68. The van der Waals surface area contributed by atoms with E-state index in [2.05, 4.69) is 79.7 Å². The molecule has 134 valence electrons. The first kappa shape index (κ1) is 17.1. The fourth-order valence-electron chi connectivity index (χ4n) is 4.73. The van der Waals surface area contributed by atoms with Gasteiger partial charge in [-0.3, -0.25) is 0 Å². The summed E-state index contributed by atoms with van der Waals surface area (Å²) in [6.07, 6.45) is 0. The third-order valence-corrected chi connectivity index (χ3v) is 6.70. The lowest BCUT2D eigenvalue weighted by Crippen LogP contribution is -2.33. The van der Waals surface area contributed by atoms with Gasteiger partial charge in [0.1, 0.15) is 11.4 Å². The maximum Gasteiger partial charge on any atom is 0.136 e. The molecule has 1 aliphatic rings. The highest BCUT2D eigenvalue weighted by Gasteiger charge is 2.34. The number of rotatable bonds is 0. The molecule has 0 fully saturated rings. The van der Waals surface area contributed by atoms with Crippen LogP contribution in [0.2, 0.25) is 0 Å². The van der Waals surface area contributed by atoms with Crippen molar-refractivity contribution in [2.45, 2.75) is 61.0 Å². The SMILES string of the molecule is CC1=C(C)C(C)(C)Oc2c1c(C)c(C)c1c(C)c3ccccc3c(C)c21. The van der Waals surface area contributed by atoms with Crippen LogP contribution in [0.5, 0.6) is 5.75 Å². The van der Waals surface area contributed by atoms with Crippen molar-refractivity contribution in [1.29, 1.82) is 0 Å². The van der Waals surface area contributed by atoms with Crippen LogP contribution in [0.3, 0.4) is 0 Å². The van der Waals surface area contributed by atoms with Crippen molar-refractivity contribution in [3.05, 3.63) is 57.7 Å². The summed E-state index contributed by atoms with van der Waals surface area (Å²) in [4.78, 5) is 0. The van der Waals surface area contributed by atoms with E-state index in [0.717, 1.165) is 5.75 Å². The van der Waals surface area contributed by atoms with E-state index in [1.165, 1.54) is 60.5 Å². The summed E-state index contributed by atoms with van der Waals surface area (Å²) < 4.78 is 6.68. The highest BCUT2D eigenvalue weighted by molar-refractivity contribution is 6.11. The van der Waals surface area contributed by atoms with Gasteiger partial charge in [0.05, 0.1) is 0 Å². The van der Waals surface area contributed by atoms with Gasteiger partial charge < -0.3 is 4.74 Å². The molecular formula is C25H28O. The Morgan fingerprint density at radius 1 is 0.692 bits per heavy atom. The normalized spacial score (nSPS) is 16.2. The average Bonchev–Trinajstić information content (AvgIpc) is 2.60. The summed E-state index contributed by atoms with van der Waals surface area (Å²) >= 11 is 0. The van der Waals surface area contributed by atoms with E-state index >= 15 is 0 Å². The Kier molecular flexibility index (Phi) is 3.54. The van der Waals surface area contributed by atoms with Crippen molar-refractivity contribution in [3.63, 3.8) is 0 Å². The highest BCUT2D eigenvalue weighted by atomic mass is 16.5.